The Bertz CT molecular complexity index is 511. The smallest absolute Gasteiger partial charge is 0.230 e. The number of rotatable bonds is 4. The van der Waals surface area contributed by atoms with Gasteiger partial charge >= 0.3 is 0 Å². The van der Waals surface area contributed by atoms with Crippen LogP contribution < -0.4 is 5.32 Å². The lowest BCUT2D eigenvalue weighted by molar-refractivity contribution is 0.501. The van der Waals surface area contributed by atoms with Crippen LogP contribution in [0, 0.1) is 20.8 Å². The molecule has 4 nitrogen and oxygen atoms in total. The number of aryl methyl sites for hydroxylation is 2. The van der Waals surface area contributed by atoms with Crippen molar-refractivity contribution in [1.82, 2.24) is 10.3 Å². The van der Waals surface area contributed by atoms with Gasteiger partial charge < -0.3 is 14.2 Å². The van der Waals surface area contributed by atoms with Gasteiger partial charge in [-0.05, 0) is 27.3 Å². The number of hydrogen-bond acceptors (Lipinski definition) is 4. The zero-order valence-electron chi connectivity index (χ0n) is 10.8. The number of nitrogens with zero attached hydrogens (tertiary/aromatic N) is 1. The summed E-state index contributed by atoms with van der Waals surface area (Å²) in [4.78, 5) is 4.46. The predicted molar refractivity (Wildman–Crippen MR) is 65.8 cm³/mol. The van der Waals surface area contributed by atoms with Crippen LogP contribution in [0.4, 0.5) is 0 Å². The quantitative estimate of drug-likeness (QED) is 0.883. The standard InChI is InChI=1S/C13H18N2O2/c1-5-14-6-11-7-16-13(15-11)12-8(2)9(3)17-10(12)4/h7,14H,5-6H2,1-4H3. The first kappa shape index (κ1) is 11.9. The highest BCUT2D eigenvalue weighted by molar-refractivity contribution is 5.62. The summed E-state index contributed by atoms with van der Waals surface area (Å²) in [5.41, 5.74) is 2.99. The van der Waals surface area contributed by atoms with Crippen molar-refractivity contribution in [3.63, 3.8) is 0 Å². The highest BCUT2D eigenvalue weighted by atomic mass is 16.4. The summed E-state index contributed by atoms with van der Waals surface area (Å²) in [5, 5.41) is 3.22. The molecular weight excluding hydrogens is 216 g/mol. The second-order valence-corrected chi connectivity index (χ2v) is 4.14. The van der Waals surface area contributed by atoms with E-state index in [9.17, 15) is 0 Å². The molecular formula is C13H18N2O2. The largest absolute Gasteiger partial charge is 0.466 e. The highest BCUT2D eigenvalue weighted by Crippen LogP contribution is 2.30. The van der Waals surface area contributed by atoms with E-state index < -0.39 is 0 Å². The summed E-state index contributed by atoms with van der Waals surface area (Å²) in [7, 11) is 0. The van der Waals surface area contributed by atoms with Crippen LogP contribution in [-0.2, 0) is 6.54 Å². The lowest BCUT2D eigenvalue weighted by Gasteiger charge is -1.95. The minimum absolute atomic E-state index is 0.643. The lowest BCUT2D eigenvalue weighted by Crippen LogP contribution is -2.11. The van der Waals surface area contributed by atoms with Crippen molar-refractivity contribution < 1.29 is 8.83 Å². The van der Waals surface area contributed by atoms with Crippen molar-refractivity contribution >= 4 is 0 Å². The molecule has 2 heterocycles. The molecule has 0 amide bonds. The second-order valence-electron chi connectivity index (χ2n) is 4.14. The maximum Gasteiger partial charge on any atom is 0.230 e. The molecule has 0 fully saturated rings. The van der Waals surface area contributed by atoms with Gasteiger partial charge in [-0.2, -0.15) is 0 Å². The van der Waals surface area contributed by atoms with Crippen LogP contribution in [0.5, 0.6) is 0 Å². The van der Waals surface area contributed by atoms with E-state index in [-0.39, 0.29) is 0 Å². The third-order valence-electron chi connectivity index (χ3n) is 2.88. The maximum atomic E-state index is 5.57. The van der Waals surface area contributed by atoms with E-state index in [1.165, 1.54) is 0 Å². The van der Waals surface area contributed by atoms with E-state index in [4.69, 9.17) is 8.83 Å². The first-order valence-corrected chi connectivity index (χ1v) is 5.85. The number of hydrogen-bond donors (Lipinski definition) is 1. The van der Waals surface area contributed by atoms with E-state index in [1.807, 2.05) is 20.8 Å². The highest BCUT2D eigenvalue weighted by Gasteiger charge is 2.17. The zero-order chi connectivity index (χ0) is 12.4. The molecule has 2 rings (SSSR count). The Kier molecular flexibility index (Phi) is 3.33. The Balaban J connectivity index is 2.30. The van der Waals surface area contributed by atoms with Gasteiger partial charge in [-0.3, -0.25) is 0 Å². The molecule has 0 saturated carbocycles. The van der Waals surface area contributed by atoms with E-state index in [1.54, 1.807) is 6.26 Å². The fourth-order valence-corrected chi connectivity index (χ4v) is 1.86. The average Bonchev–Trinajstić information content (AvgIpc) is 2.83. The topological polar surface area (TPSA) is 51.2 Å². The molecule has 17 heavy (non-hydrogen) atoms. The first-order chi connectivity index (χ1) is 8.13. The fraction of sp³-hybridized carbons (Fsp3) is 0.462. The van der Waals surface area contributed by atoms with Crippen LogP contribution in [0.2, 0.25) is 0 Å². The lowest BCUT2D eigenvalue weighted by atomic mass is 10.1. The fourth-order valence-electron chi connectivity index (χ4n) is 1.86. The minimum atomic E-state index is 0.643. The van der Waals surface area contributed by atoms with Crippen molar-refractivity contribution in [3.05, 3.63) is 29.0 Å². The Morgan fingerprint density at radius 1 is 1.24 bits per heavy atom. The number of oxazole rings is 1. The molecule has 0 atom stereocenters. The van der Waals surface area contributed by atoms with Gasteiger partial charge in [0.25, 0.3) is 0 Å². The third kappa shape index (κ3) is 2.26. The molecule has 0 saturated heterocycles. The van der Waals surface area contributed by atoms with Crippen LogP contribution >= 0.6 is 0 Å². The van der Waals surface area contributed by atoms with Gasteiger partial charge in [0.1, 0.15) is 17.8 Å². The van der Waals surface area contributed by atoms with Crippen LogP contribution in [0.15, 0.2) is 15.1 Å². The molecule has 0 aliphatic heterocycles. The van der Waals surface area contributed by atoms with Crippen LogP contribution in [0.3, 0.4) is 0 Å². The van der Waals surface area contributed by atoms with Crippen molar-refractivity contribution in [2.75, 3.05) is 6.54 Å². The SMILES string of the molecule is CCNCc1coc(-c2c(C)oc(C)c2C)n1. The Labute approximate surface area is 101 Å². The molecule has 0 unspecified atom stereocenters. The zero-order valence-corrected chi connectivity index (χ0v) is 10.8. The summed E-state index contributed by atoms with van der Waals surface area (Å²) >= 11 is 0. The molecule has 0 aliphatic carbocycles. The molecule has 2 aromatic rings. The van der Waals surface area contributed by atoms with Crippen LogP contribution in [0.25, 0.3) is 11.5 Å². The van der Waals surface area contributed by atoms with Crippen molar-refractivity contribution in [2.45, 2.75) is 34.2 Å². The Morgan fingerprint density at radius 3 is 2.59 bits per heavy atom. The summed E-state index contributed by atoms with van der Waals surface area (Å²) < 4.78 is 11.1. The number of furan rings is 1. The Hall–Kier alpha value is -1.55. The summed E-state index contributed by atoms with van der Waals surface area (Å²) in [6.45, 7) is 9.63. The molecule has 0 aromatic carbocycles. The number of nitrogens with one attached hydrogen (secondary N) is 1. The van der Waals surface area contributed by atoms with Crippen molar-refractivity contribution in [3.8, 4) is 11.5 Å². The molecule has 0 radical (unpaired) electrons. The van der Waals surface area contributed by atoms with Gasteiger partial charge in [-0.15, -0.1) is 0 Å². The van der Waals surface area contributed by atoms with Crippen molar-refractivity contribution in [2.24, 2.45) is 0 Å². The van der Waals surface area contributed by atoms with Crippen LogP contribution in [0.1, 0.15) is 29.7 Å². The summed E-state index contributed by atoms with van der Waals surface area (Å²) in [6, 6.07) is 0. The van der Waals surface area contributed by atoms with Gasteiger partial charge in [0, 0.05) is 12.1 Å². The van der Waals surface area contributed by atoms with E-state index in [2.05, 4.69) is 17.2 Å². The van der Waals surface area contributed by atoms with Crippen molar-refractivity contribution in [1.29, 1.82) is 0 Å². The van der Waals surface area contributed by atoms with Gasteiger partial charge in [0.05, 0.1) is 11.3 Å². The van der Waals surface area contributed by atoms with Gasteiger partial charge in [-0.1, -0.05) is 6.92 Å². The average molecular weight is 234 g/mol. The number of aromatic nitrogens is 1. The normalized spacial score (nSPS) is 11.1. The molecule has 0 bridgehead atoms. The van der Waals surface area contributed by atoms with E-state index in [0.717, 1.165) is 41.4 Å². The molecule has 2 aromatic heterocycles. The minimum Gasteiger partial charge on any atom is -0.466 e. The van der Waals surface area contributed by atoms with E-state index in [0.29, 0.717) is 5.89 Å². The van der Waals surface area contributed by atoms with Gasteiger partial charge in [0.2, 0.25) is 5.89 Å². The van der Waals surface area contributed by atoms with Gasteiger partial charge in [0.15, 0.2) is 0 Å². The van der Waals surface area contributed by atoms with Gasteiger partial charge in [-0.25, -0.2) is 4.98 Å². The summed E-state index contributed by atoms with van der Waals surface area (Å²) in [5.74, 6) is 2.42. The maximum absolute atomic E-state index is 5.57. The predicted octanol–water partition coefficient (Wildman–Crippen LogP) is 2.97. The molecule has 0 aliphatic rings. The molecule has 92 valence electrons. The summed E-state index contributed by atoms with van der Waals surface area (Å²) in [6.07, 6.45) is 1.69. The third-order valence-corrected chi connectivity index (χ3v) is 2.88. The van der Waals surface area contributed by atoms with E-state index >= 15 is 0 Å². The second kappa shape index (κ2) is 4.75. The molecule has 4 heteroatoms. The first-order valence-electron chi connectivity index (χ1n) is 5.85. The molecule has 0 spiro atoms. The Morgan fingerprint density at radius 2 is 2.00 bits per heavy atom. The van der Waals surface area contributed by atoms with Crippen LogP contribution in [-0.4, -0.2) is 11.5 Å². The molecule has 1 N–H and O–H groups in total. The monoisotopic (exact) mass is 234 g/mol.